The van der Waals surface area contributed by atoms with Gasteiger partial charge in [0, 0.05) is 56.6 Å². The van der Waals surface area contributed by atoms with Gasteiger partial charge in [0.2, 0.25) is 0 Å². The van der Waals surface area contributed by atoms with Crippen molar-refractivity contribution in [2.75, 3.05) is 38.5 Å². The number of nitro groups is 1. The number of nitrogen functional groups attached to an aromatic ring is 1. The molecule has 6 nitrogen and oxygen atoms in total. The van der Waals surface area contributed by atoms with Crippen molar-refractivity contribution >= 4 is 11.4 Å². The van der Waals surface area contributed by atoms with Crippen LogP contribution in [0.3, 0.4) is 0 Å². The van der Waals surface area contributed by atoms with E-state index in [0.717, 1.165) is 57.2 Å². The minimum absolute atomic E-state index is 0.166. The van der Waals surface area contributed by atoms with E-state index in [1.54, 1.807) is 12.1 Å². The molecule has 0 radical (unpaired) electrons. The third-order valence-electron chi connectivity index (χ3n) is 6.32. The molecular formula is C23H30N4O2. The zero-order valence-electron chi connectivity index (χ0n) is 16.9. The molecule has 1 heterocycles. The second-order valence-corrected chi connectivity index (χ2v) is 8.41. The van der Waals surface area contributed by atoms with E-state index in [-0.39, 0.29) is 10.6 Å². The average molecular weight is 395 g/mol. The van der Waals surface area contributed by atoms with Gasteiger partial charge in [0.05, 0.1) is 4.92 Å². The summed E-state index contributed by atoms with van der Waals surface area (Å²) in [5.74, 6) is 0.839. The largest absolute Gasteiger partial charge is 0.399 e. The van der Waals surface area contributed by atoms with Crippen LogP contribution in [0.25, 0.3) is 0 Å². The first-order valence-corrected chi connectivity index (χ1v) is 10.6. The average Bonchev–Trinajstić information content (AvgIpc) is 3.58. The lowest BCUT2D eigenvalue weighted by molar-refractivity contribution is -0.384. The first-order valence-electron chi connectivity index (χ1n) is 10.6. The van der Waals surface area contributed by atoms with Gasteiger partial charge in [-0.15, -0.1) is 0 Å². The van der Waals surface area contributed by atoms with Gasteiger partial charge in [-0.05, 0) is 54.9 Å². The number of benzene rings is 2. The summed E-state index contributed by atoms with van der Waals surface area (Å²) in [7, 11) is 0. The zero-order valence-corrected chi connectivity index (χ0v) is 16.9. The number of rotatable bonds is 8. The van der Waals surface area contributed by atoms with Crippen LogP contribution in [0, 0.1) is 16.0 Å². The number of nitrogens with two attached hydrogens (primary N) is 1. The SMILES string of the molecule is Nc1ccc(CCN2CCN(CCc3ccc([N+](=O)[O-])cc3)C(C3CC3)C2)cc1. The molecule has 4 rings (SSSR count). The van der Waals surface area contributed by atoms with Crippen molar-refractivity contribution in [2.45, 2.75) is 31.7 Å². The summed E-state index contributed by atoms with van der Waals surface area (Å²) in [6, 6.07) is 15.9. The number of non-ortho nitro benzene ring substituents is 1. The molecule has 1 saturated carbocycles. The Kier molecular flexibility index (Phi) is 6.11. The van der Waals surface area contributed by atoms with Gasteiger partial charge in [-0.2, -0.15) is 0 Å². The highest BCUT2D eigenvalue weighted by Crippen LogP contribution is 2.37. The van der Waals surface area contributed by atoms with Gasteiger partial charge < -0.3 is 10.6 Å². The Hall–Kier alpha value is -2.44. The maximum Gasteiger partial charge on any atom is 0.269 e. The molecular weight excluding hydrogens is 364 g/mol. The van der Waals surface area contributed by atoms with Crippen molar-refractivity contribution in [2.24, 2.45) is 5.92 Å². The Morgan fingerprint density at radius 3 is 2.17 bits per heavy atom. The summed E-state index contributed by atoms with van der Waals surface area (Å²) in [6.45, 7) is 5.50. The molecule has 29 heavy (non-hydrogen) atoms. The molecule has 2 aromatic carbocycles. The van der Waals surface area contributed by atoms with E-state index < -0.39 is 0 Å². The molecule has 2 aliphatic rings. The molecule has 0 spiro atoms. The zero-order chi connectivity index (χ0) is 20.2. The van der Waals surface area contributed by atoms with E-state index in [1.807, 2.05) is 24.3 Å². The molecule has 2 aromatic rings. The normalized spacial score (nSPS) is 20.6. The fourth-order valence-corrected chi connectivity index (χ4v) is 4.34. The standard InChI is InChI=1S/C23H30N4O2/c24-21-7-1-18(2-8-21)11-13-25-15-16-26(23(17-25)20-5-6-20)14-12-19-3-9-22(10-4-19)27(28)29/h1-4,7-10,20,23H,5-6,11-17,24H2. The number of hydrogen-bond acceptors (Lipinski definition) is 5. The quantitative estimate of drug-likeness (QED) is 0.422. The summed E-state index contributed by atoms with van der Waals surface area (Å²) in [5.41, 5.74) is 9.30. The van der Waals surface area contributed by atoms with E-state index in [0.29, 0.717) is 6.04 Å². The highest BCUT2D eigenvalue weighted by atomic mass is 16.6. The van der Waals surface area contributed by atoms with Crippen LogP contribution >= 0.6 is 0 Å². The molecule has 0 amide bonds. The van der Waals surface area contributed by atoms with Crippen LogP contribution in [0.15, 0.2) is 48.5 Å². The summed E-state index contributed by atoms with van der Waals surface area (Å²) >= 11 is 0. The Balaban J connectivity index is 1.29. The topological polar surface area (TPSA) is 75.6 Å². The Bertz CT molecular complexity index is 818. The maximum absolute atomic E-state index is 10.8. The molecule has 1 unspecified atom stereocenters. The monoisotopic (exact) mass is 394 g/mol. The van der Waals surface area contributed by atoms with Gasteiger partial charge in [-0.1, -0.05) is 24.3 Å². The number of anilines is 1. The molecule has 6 heteroatoms. The first kappa shape index (κ1) is 19.9. The van der Waals surface area contributed by atoms with Gasteiger partial charge in [-0.3, -0.25) is 15.0 Å². The van der Waals surface area contributed by atoms with Crippen LogP contribution in [0.2, 0.25) is 0 Å². The molecule has 1 aliphatic heterocycles. The summed E-state index contributed by atoms with van der Waals surface area (Å²) in [6.07, 6.45) is 4.72. The predicted octanol–water partition coefficient (Wildman–Crippen LogP) is 3.36. The lowest BCUT2D eigenvalue weighted by Gasteiger charge is -2.42. The number of nitrogens with zero attached hydrogens (tertiary/aromatic N) is 3. The minimum Gasteiger partial charge on any atom is -0.399 e. The van der Waals surface area contributed by atoms with Crippen LogP contribution in [0.5, 0.6) is 0 Å². The van der Waals surface area contributed by atoms with Crippen LogP contribution < -0.4 is 5.73 Å². The highest BCUT2D eigenvalue weighted by molar-refractivity contribution is 5.39. The van der Waals surface area contributed by atoms with E-state index in [1.165, 1.54) is 24.0 Å². The second-order valence-electron chi connectivity index (χ2n) is 8.41. The van der Waals surface area contributed by atoms with Crippen LogP contribution in [-0.2, 0) is 12.8 Å². The Labute approximate surface area is 172 Å². The number of nitro benzene ring substituents is 1. The Morgan fingerprint density at radius 1 is 0.931 bits per heavy atom. The van der Waals surface area contributed by atoms with Crippen molar-refractivity contribution in [3.63, 3.8) is 0 Å². The smallest absolute Gasteiger partial charge is 0.269 e. The summed E-state index contributed by atoms with van der Waals surface area (Å²) in [4.78, 5) is 15.7. The second kappa shape index (κ2) is 8.93. The molecule has 1 aliphatic carbocycles. The van der Waals surface area contributed by atoms with Crippen LogP contribution in [0.4, 0.5) is 11.4 Å². The summed E-state index contributed by atoms with van der Waals surface area (Å²) < 4.78 is 0. The molecule has 0 aromatic heterocycles. The molecule has 1 saturated heterocycles. The van der Waals surface area contributed by atoms with Gasteiger partial charge >= 0.3 is 0 Å². The van der Waals surface area contributed by atoms with E-state index in [9.17, 15) is 10.1 Å². The van der Waals surface area contributed by atoms with Crippen molar-refractivity contribution in [1.29, 1.82) is 0 Å². The van der Waals surface area contributed by atoms with E-state index in [4.69, 9.17) is 5.73 Å². The van der Waals surface area contributed by atoms with Gasteiger partial charge in [0.1, 0.15) is 0 Å². The first-order chi connectivity index (χ1) is 14.1. The molecule has 0 bridgehead atoms. The predicted molar refractivity (Wildman–Crippen MR) is 116 cm³/mol. The fourth-order valence-electron chi connectivity index (χ4n) is 4.34. The number of hydrogen-bond donors (Lipinski definition) is 1. The Morgan fingerprint density at radius 2 is 1.55 bits per heavy atom. The number of piperazine rings is 1. The third-order valence-corrected chi connectivity index (χ3v) is 6.32. The lowest BCUT2D eigenvalue weighted by Crippen LogP contribution is -2.54. The maximum atomic E-state index is 10.8. The van der Waals surface area contributed by atoms with Crippen molar-refractivity contribution in [3.8, 4) is 0 Å². The third kappa shape index (κ3) is 5.34. The molecule has 1 atom stereocenters. The highest BCUT2D eigenvalue weighted by Gasteiger charge is 2.38. The minimum atomic E-state index is -0.337. The molecule has 154 valence electrons. The van der Waals surface area contributed by atoms with Crippen molar-refractivity contribution in [3.05, 3.63) is 69.8 Å². The van der Waals surface area contributed by atoms with Gasteiger partial charge in [0.15, 0.2) is 0 Å². The van der Waals surface area contributed by atoms with E-state index in [2.05, 4.69) is 21.9 Å². The lowest BCUT2D eigenvalue weighted by atomic mass is 10.0. The summed E-state index contributed by atoms with van der Waals surface area (Å²) in [5, 5.41) is 10.8. The van der Waals surface area contributed by atoms with E-state index >= 15 is 0 Å². The van der Waals surface area contributed by atoms with Crippen LogP contribution in [0.1, 0.15) is 24.0 Å². The van der Waals surface area contributed by atoms with Gasteiger partial charge in [-0.25, -0.2) is 0 Å². The van der Waals surface area contributed by atoms with Gasteiger partial charge in [0.25, 0.3) is 5.69 Å². The van der Waals surface area contributed by atoms with Crippen molar-refractivity contribution < 1.29 is 4.92 Å². The van der Waals surface area contributed by atoms with Crippen molar-refractivity contribution in [1.82, 2.24) is 9.80 Å². The molecule has 2 fully saturated rings. The fraction of sp³-hybridized carbons (Fsp3) is 0.478. The molecule has 2 N–H and O–H groups in total. The van der Waals surface area contributed by atoms with Crippen LogP contribution in [-0.4, -0.2) is 53.5 Å².